The maximum Gasteiger partial charge on any atom is 0.330 e. The zero-order valence-electron chi connectivity index (χ0n) is 78.5. The molecule has 2 unspecified atom stereocenters. The maximum absolute atomic E-state index is 12.7. The van der Waals surface area contributed by atoms with Gasteiger partial charge in [-0.3, -0.25) is 0 Å². The fourth-order valence-electron chi connectivity index (χ4n) is 25.0. The van der Waals surface area contributed by atoms with E-state index in [2.05, 4.69) is 387 Å². The second-order valence-corrected chi connectivity index (χ2v) is 41.8. The van der Waals surface area contributed by atoms with Gasteiger partial charge in [-0.05, 0) is 364 Å². The minimum absolute atomic E-state index is 0.0463. The summed E-state index contributed by atoms with van der Waals surface area (Å²) in [5.74, 6) is -0.838. The van der Waals surface area contributed by atoms with Crippen LogP contribution in [0.1, 0.15) is 188 Å². The Morgan fingerprint density at radius 3 is 0.789 bits per heavy atom. The average Bonchev–Trinajstić information content (AvgIpc) is 1.05. The molecule has 0 saturated heterocycles. The van der Waals surface area contributed by atoms with Crippen molar-refractivity contribution in [3.63, 3.8) is 0 Å². The first-order chi connectivity index (χ1) is 64.1. The van der Waals surface area contributed by atoms with Crippen molar-refractivity contribution in [3.05, 3.63) is 396 Å². The van der Waals surface area contributed by atoms with Crippen LogP contribution in [0, 0.1) is 0 Å². The van der Waals surface area contributed by atoms with Gasteiger partial charge in [-0.1, -0.05) is 327 Å². The molecular weight excluding hydrogens is 1610 g/mol. The summed E-state index contributed by atoms with van der Waals surface area (Å²) in [5, 5.41) is 15.7. The van der Waals surface area contributed by atoms with Crippen LogP contribution in [0.2, 0.25) is 0 Å². The Bertz CT molecular complexity index is 7620. The van der Waals surface area contributed by atoms with Crippen LogP contribution >= 0.6 is 0 Å². The Morgan fingerprint density at radius 1 is 0.278 bits per heavy atom. The molecule has 0 aromatic heterocycles. The number of hydrogen-bond donors (Lipinski definition) is 0. The molecule has 0 bridgehead atoms. The van der Waals surface area contributed by atoms with E-state index in [4.69, 9.17) is 22.6 Å². The van der Waals surface area contributed by atoms with E-state index in [1.807, 2.05) is 0 Å². The van der Waals surface area contributed by atoms with Crippen molar-refractivity contribution < 1.29 is 19.1 Å². The highest BCUT2D eigenvalue weighted by atomic mass is 16.5. The predicted octanol–water partition coefficient (Wildman–Crippen LogP) is 33.7. The number of carbonyl (C=O) groups excluding carboxylic acids is 2. The smallest absolute Gasteiger partial charge is 0.330 e. The molecule has 0 saturated carbocycles. The SMILES string of the molecule is C=CC(=O)OCCCC1(C=C)c2cc(-c3ccc4c(c3)C(C)(C)c3cc(-c5ccc6ccc7cc(C(C)(C)C)cc8ccc5c6c78)ccc3-4)ccc2-c2ccc(-c3ccc4c(c3)C(CC)(CC)c3cc(-c5ccc6c(c5)C(C=C)(CCCOC(=O)C=C)c5cc(-c7ccc8c(c7)C(C)(C)c7cc(-c9ccc%10ccc%11cc(C(C)(C)C)cc%12ccc9c%10c%11%12)ccc7-8)ccc5-6)ccc3-4)cc21. The van der Waals surface area contributed by atoms with Crippen LogP contribution in [0.25, 0.3) is 187 Å². The lowest BCUT2D eigenvalue weighted by atomic mass is 9.72. The second-order valence-electron chi connectivity index (χ2n) is 41.8. The first kappa shape index (κ1) is 83.3. The molecule has 4 nitrogen and oxygen atoms in total. The van der Waals surface area contributed by atoms with E-state index in [-0.39, 0.29) is 40.3 Å². The number of ether oxygens (including phenoxy) is 2. The van der Waals surface area contributed by atoms with E-state index >= 15 is 0 Å². The van der Waals surface area contributed by atoms with Crippen molar-refractivity contribution in [1.82, 2.24) is 0 Å². The van der Waals surface area contributed by atoms with Gasteiger partial charge in [0.2, 0.25) is 0 Å². The summed E-state index contributed by atoms with van der Waals surface area (Å²) in [5.41, 5.74) is 40.4. The van der Waals surface area contributed by atoms with Crippen molar-refractivity contribution in [2.75, 3.05) is 13.2 Å². The maximum atomic E-state index is 12.7. The van der Waals surface area contributed by atoms with Gasteiger partial charge in [0.1, 0.15) is 0 Å². The number of benzene rings is 18. The van der Waals surface area contributed by atoms with E-state index in [1.54, 1.807) is 0 Å². The van der Waals surface area contributed by atoms with E-state index in [0.29, 0.717) is 25.7 Å². The fraction of sp³-hybridized carbons (Fsp3) is 0.209. The Hall–Kier alpha value is -14.1. The zero-order valence-corrected chi connectivity index (χ0v) is 78.5. The van der Waals surface area contributed by atoms with E-state index in [0.717, 1.165) is 35.1 Å². The number of carbonyl (C=O) groups is 2. The Kier molecular flexibility index (Phi) is 18.8. The van der Waals surface area contributed by atoms with Gasteiger partial charge in [0, 0.05) is 39.2 Å². The van der Waals surface area contributed by atoms with Crippen molar-refractivity contribution >= 4 is 76.6 Å². The minimum Gasteiger partial charge on any atom is -0.463 e. The largest absolute Gasteiger partial charge is 0.463 e. The van der Waals surface area contributed by atoms with Crippen LogP contribution in [0.3, 0.4) is 0 Å². The van der Waals surface area contributed by atoms with E-state index < -0.39 is 22.8 Å². The number of hydrogen-bond acceptors (Lipinski definition) is 4. The highest BCUT2D eigenvalue weighted by Crippen LogP contribution is 2.62. The molecule has 18 aromatic carbocycles. The summed E-state index contributed by atoms with van der Waals surface area (Å²) >= 11 is 0. The van der Waals surface area contributed by atoms with Gasteiger partial charge < -0.3 is 9.47 Å². The minimum atomic E-state index is -0.606. The summed E-state index contributed by atoms with van der Waals surface area (Å²) in [7, 11) is 0. The standard InChI is InChI=1S/C129H110O4/c1-17-117(130)132-59-23-57-128(21-5)113-69-81(77-31-45-95-97-53-39-85(73-109(97)125(13,14)107(95)65-77)93-43-29-75-25-27-87-61-91(123(7,8)9)63-89-41-55-105(93)121(75)119(87)89)35-49-101(113)103-51-37-83(71-115(103)128)79-33-47-99-100-48-34-80(68-112(100)127(19-3,20-4)111(99)67-79)84-38-52-104-102-50-36-82(70-114(102)129(22-6,116(104)72-84)58-24-60-133-118(131)18-2)78-32-46-96-98-54-40-86(74-110(98)126(15,16)108(96)66-78)94-44-30-76-26-28-88-62-92(124(10,11)12)64-90-42-56-106(94)122(76)120(88)90/h17-18,21-22,25-56,61-74H,1-2,5-6,19-20,23-24,57-60H2,3-4,7-16H3. The van der Waals surface area contributed by atoms with E-state index in [1.165, 1.54) is 244 Å². The monoisotopic (exact) mass is 1720 g/mol. The third-order valence-corrected chi connectivity index (χ3v) is 32.3. The fourth-order valence-corrected chi connectivity index (χ4v) is 25.0. The molecule has 0 aliphatic heterocycles. The van der Waals surface area contributed by atoms with Crippen molar-refractivity contribution in [2.45, 2.75) is 160 Å². The summed E-state index contributed by atoms with van der Waals surface area (Å²) in [6.45, 7) is 45.5. The van der Waals surface area contributed by atoms with Gasteiger partial charge in [0.15, 0.2) is 0 Å². The molecule has 0 N–H and O–H groups in total. The number of rotatable bonds is 20. The third-order valence-electron chi connectivity index (χ3n) is 32.3. The highest BCUT2D eigenvalue weighted by molar-refractivity contribution is 6.27. The van der Waals surface area contributed by atoms with Crippen molar-refractivity contribution in [2.24, 2.45) is 0 Å². The Balaban J connectivity index is 0.544. The molecule has 18 aromatic rings. The first-order valence-corrected chi connectivity index (χ1v) is 47.9. The normalized spacial score (nSPS) is 16.5. The van der Waals surface area contributed by atoms with E-state index in [9.17, 15) is 9.59 Å². The average molecular weight is 1720 g/mol. The molecule has 0 spiro atoms. The molecule has 4 heteroatoms. The second kappa shape index (κ2) is 30.0. The Morgan fingerprint density at radius 2 is 0.511 bits per heavy atom. The lowest BCUT2D eigenvalue weighted by Gasteiger charge is -2.31. The molecule has 0 amide bonds. The van der Waals surface area contributed by atoms with Gasteiger partial charge in [0.25, 0.3) is 0 Å². The van der Waals surface area contributed by atoms with Crippen LogP contribution in [0.15, 0.2) is 330 Å². The molecule has 2 atom stereocenters. The van der Waals surface area contributed by atoms with Gasteiger partial charge in [-0.15, -0.1) is 13.2 Å². The predicted molar refractivity (Wildman–Crippen MR) is 559 cm³/mol. The van der Waals surface area contributed by atoms with Crippen LogP contribution in [-0.4, -0.2) is 25.2 Å². The Labute approximate surface area is 781 Å². The first-order valence-electron chi connectivity index (χ1n) is 47.9. The topological polar surface area (TPSA) is 52.6 Å². The molecule has 23 rings (SSSR count). The summed E-state index contributed by atoms with van der Waals surface area (Å²) in [6.07, 6.45) is 11.3. The molecule has 0 fully saturated rings. The quantitative estimate of drug-likeness (QED) is 0.0251. The van der Waals surface area contributed by atoms with Crippen LogP contribution < -0.4 is 0 Å². The highest BCUT2D eigenvalue weighted by Gasteiger charge is 2.47. The lowest BCUT2D eigenvalue weighted by Crippen LogP contribution is -2.24. The van der Waals surface area contributed by atoms with Gasteiger partial charge >= 0.3 is 11.9 Å². The number of allylic oxidation sites excluding steroid dienone is 2. The number of fused-ring (bicyclic) bond motifs is 15. The molecule has 0 radical (unpaired) electrons. The van der Waals surface area contributed by atoms with Gasteiger partial charge in [-0.25, -0.2) is 9.59 Å². The molecule has 5 aliphatic carbocycles. The van der Waals surface area contributed by atoms with Crippen LogP contribution in [-0.2, 0) is 57.0 Å². The zero-order chi connectivity index (χ0) is 91.6. The molecule has 5 aliphatic rings. The molecule has 0 heterocycles. The summed E-state index contributed by atoms with van der Waals surface area (Å²) in [6, 6.07) is 109. The third kappa shape index (κ3) is 12.4. The van der Waals surface area contributed by atoms with Gasteiger partial charge in [0.05, 0.1) is 13.2 Å². The van der Waals surface area contributed by atoms with Crippen molar-refractivity contribution in [3.8, 4) is 122 Å². The molecule has 133 heavy (non-hydrogen) atoms. The van der Waals surface area contributed by atoms with Gasteiger partial charge in [-0.2, -0.15) is 0 Å². The summed E-state index contributed by atoms with van der Waals surface area (Å²) < 4.78 is 11.5. The summed E-state index contributed by atoms with van der Waals surface area (Å²) in [4.78, 5) is 25.3. The van der Waals surface area contributed by atoms with Crippen LogP contribution in [0.4, 0.5) is 0 Å². The lowest BCUT2D eigenvalue weighted by molar-refractivity contribution is -0.138. The van der Waals surface area contributed by atoms with Crippen molar-refractivity contribution in [1.29, 1.82) is 0 Å². The number of esters is 2. The molecular formula is C129H110O4. The van der Waals surface area contributed by atoms with Crippen LogP contribution in [0.5, 0.6) is 0 Å². The molecule has 650 valence electrons.